The molecule has 0 unspecified atom stereocenters. The van der Waals surface area contributed by atoms with E-state index in [0.717, 1.165) is 19.3 Å². The van der Waals surface area contributed by atoms with Crippen molar-refractivity contribution < 1.29 is 14.3 Å². The van der Waals surface area contributed by atoms with Gasteiger partial charge in [0.15, 0.2) is 0 Å². The molecule has 3 heteroatoms. The molecule has 0 N–H and O–H groups in total. The van der Waals surface area contributed by atoms with Gasteiger partial charge in [-0.1, -0.05) is 38.3 Å². The van der Waals surface area contributed by atoms with Gasteiger partial charge in [-0.3, -0.25) is 4.79 Å². The van der Waals surface area contributed by atoms with Gasteiger partial charge in [-0.25, -0.2) is 0 Å². The summed E-state index contributed by atoms with van der Waals surface area (Å²) < 4.78 is 10.00. The van der Waals surface area contributed by atoms with Gasteiger partial charge in [0.05, 0.1) is 0 Å². The van der Waals surface area contributed by atoms with E-state index in [4.69, 9.17) is 9.47 Å². The van der Waals surface area contributed by atoms with Gasteiger partial charge >= 0.3 is 5.97 Å². The van der Waals surface area contributed by atoms with Crippen LogP contribution in [-0.4, -0.2) is 26.3 Å². The van der Waals surface area contributed by atoms with Crippen LogP contribution in [0.3, 0.4) is 0 Å². The number of unbranched alkanes of at least 4 members (excludes halogenated alkanes) is 5. The summed E-state index contributed by atoms with van der Waals surface area (Å²) in [7, 11) is 1.67. The van der Waals surface area contributed by atoms with Crippen LogP contribution in [0.4, 0.5) is 0 Å². The maximum atomic E-state index is 11.3. The van der Waals surface area contributed by atoms with Gasteiger partial charge in [-0.05, 0) is 25.7 Å². The molecule has 0 heterocycles. The van der Waals surface area contributed by atoms with Crippen LogP contribution in [0.1, 0.15) is 58.3 Å². The third-order valence-electron chi connectivity index (χ3n) is 2.71. The summed E-state index contributed by atoms with van der Waals surface area (Å²) in [4.78, 5) is 11.3. The van der Waals surface area contributed by atoms with E-state index in [2.05, 4.69) is 13.0 Å². The summed E-state index contributed by atoms with van der Waals surface area (Å²) in [6.07, 6.45) is 12.5. The smallest absolute Gasteiger partial charge is 0.306 e. The van der Waals surface area contributed by atoms with Gasteiger partial charge in [0.1, 0.15) is 6.61 Å². The van der Waals surface area contributed by atoms with Crippen LogP contribution < -0.4 is 0 Å². The molecule has 0 spiro atoms. The molecule has 0 rings (SSSR count). The summed E-state index contributed by atoms with van der Waals surface area (Å²) >= 11 is 0. The van der Waals surface area contributed by atoms with Crippen molar-refractivity contribution in [2.45, 2.75) is 58.3 Å². The van der Waals surface area contributed by atoms with Gasteiger partial charge in [-0.2, -0.15) is 0 Å². The molecule has 0 bridgehead atoms. The molecule has 3 nitrogen and oxygen atoms in total. The van der Waals surface area contributed by atoms with Crippen molar-refractivity contribution in [2.75, 3.05) is 20.3 Å². The standard InChI is InChI=1S/C15H28O3/c1-3-4-5-6-7-8-10-14-18-15(16)12-9-11-13-17-2/h8,10H,3-7,9,11-14H2,1-2H3/b10-8-. The Morgan fingerprint density at radius 2 is 1.89 bits per heavy atom. The Morgan fingerprint density at radius 1 is 1.06 bits per heavy atom. The molecule has 0 aliphatic rings. The zero-order valence-electron chi connectivity index (χ0n) is 12.0. The van der Waals surface area contributed by atoms with Crippen molar-refractivity contribution in [1.82, 2.24) is 0 Å². The minimum absolute atomic E-state index is 0.110. The zero-order valence-corrected chi connectivity index (χ0v) is 12.0. The Balaban J connectivity index is 3.25. The predicted molar refractivity (Wildman–Crippen MR) is 74.6 cm³/mol. The van der Waals surface area contributed by atoms with E-state index in [9.17, 15) is 4.79 Å². The number of rotatable bonds is 12. The summed E-state index contributed by atoms with van der Waals surface area (Å²) in [5.74, 6) is -0.110. The quantitative estimate of drug-likeness (QED) is 0.302. The van der Waals surface area contributed by atoms with Crippen LogP contribution in [0.25, 0.3) is 0 Å². The molecule has 0 amide bonds. The summed E-state index contributed by atoms with van der Waals surface area (Å²) in [5.41, 5.74) is 0. The second kappa shape index (κ2) is 14.2. The number of allylic oxidation sites excluding steroid dienone is 1. The van der Waals surface area contributed by atoms with Gasteiger partial charge in [-0.15, -0.1) is 0 Å². The maximum absolute atomic E-state index is 11.3. The second-order valence-corrected chi connectivity index (χ2v) is 4.45. The molecule has 0 saturated carbocycles. The topological polar surface area (TPSA) is 35.5 Å². The van der Waals surface area contributed by atoms with E-state index in [1.807, 2.05) is 6.08 Å². The Morgan fingerprint density at radius 3 is 2.61 bits per heavy atom. The highest BCUT2D eigenvalue weighted by atomic mass is 16.5. The molecule has 0 saturated heterocycles. The van der Waals surface area contributed by atoms with Crippen LogP contribution in [0.5, 0.6) is 0 Å². The molecule has 0 aliphatic heterocycles. The lowest BCUT2D eigenvalue weighted by Crippen LogP contribution is -2.04. The van der Waals surface area contributed by atoms with Crippen LogP contribution in [-0.2, 0) is 14.3 Å². The van der Waals surface area contributed by atoms with Crippen molar-refractivity contribution in [3.63, 3.8) is 0 Å². The first-order valence-corrected chi connectivity index (χ1v) is 7.10. The van der Waals surface area contributed by atoms with Crippen LogP contribution in [0, 0.1) is 0 Å². The average molecular weight is 256 g/mol. The number of carbonyl (C=O) groups excluding carboxylic acids is 1. The summed E-state index contributed by atoms with van der Waals surface area (Å²) in [6, 6.07) is 0. The fourth-order valence-electron chi connectivity index (χ4n) is 1.60. The zero-order chi connectivity index (χ0) is 13.5. The highest BCUT2D eigenvalue weighted by Gasteiger charge is 2.00. The van der Waals surface area contributed by atoms with Gasteiger partial charge in [0.25, 0.3) is 0 Å². The molecule has 0 radical (unpaired) electrons. The number of carbonyl (C=O) groups is 1. The monoisotopic (exact) mass is 256 g/mol. The third-order valence-corrected chi connectivity index (χ3v) is 2.71. The Bertz CT molecular complexity index is 212. The molecule has 106 valence electrons. The summed E-state index contributed by atoms with van der Waals surface area (Å²) in [5, 5.41) is 0. The fraction of sp³-hybridized carbons (Fsp3) is 0.800. The van der Waals surface area contributed by atoms with Crippen molar-refractivity contribution >= 4 is 5.97 Å². The molecule has 0 aromatic carbocycles. The van der Waals surface area contributed by atoms with E-state index < -0.39 is 0 Å². The SMILES string of the molecule is CCCCCC/C=C\COC(=O)CCCCOC. The van der Waals surface area contributed by atoms with E-state index in [1.54, 1.807) is 7.11 Å². The molecule has 0 aliphatic carbocycles. The first kappa shape index (κ1) is 17.2. The van der Waals surface area contributed by atoms with Crippen molar-refractivity contribution in [2.24, 2.45) is 0 Å². The average Bonchev–Trinajstić information content (AvgIpc) is 2.38. The molecular formula is C15H28O3. The minimum atomic E-state index is -0.110. The molecule has 0 aromatic rings. The lowest BCUT2D eigenvalue weighted by Gasteiger charge is -2.01. The van der Waals surface area contributed by atoms with Crippen LogP contribution in [0.2, 0.25) is 0 Å². The van der Waals surface area contributed by atoms with Crippen molar-refractivity contribution in [3.8, 4) is 0 Å². The normalized spacial score (nSPS) is 11.0. The highest BCUT2D eigenvalue weighted by Crippen LogP contribution is 2.03. The van der Waals surface area contributed by atoms with E-state index in [0.29, 0.717) is 19.6 Å². The first-order chi connectivity index (χ1) is 8.81. The minimum Gasteiger partial charge on any atom is -0.461 e. The van der Waals surface area contributed by atoms with Gasteiger partial charge in [0, 0.05) is 20.1 Å². The van der Waals surface area contributed by atoms with E-state index >= 15 is 0 Å². The Hall–Kier alpha value is -0.830. The lowest BCUT2D eigenvalue weighted by molar-refractivity contribution is -0.142. The number of hydrogen-bond donors (Lipinski definition) is 0. The largest absolute Gasteiger partial charge is 0.461 e. The Kier molecular flexibility index (Phi) is 13.6. The molecular weight excluding hydrogens is 228 g/mol. The van der Waals surface area contributed by atoms with E-state index in [1.165, 1.54) is 25.7 Å². The van der Waals surface area contributed by atoms with Crippen LogP contribution >= 0.6 is 0 Å². The second-order valence-electron chi connectivity index (χ2n) is 4.45. The highest BCUT2D eigenvalue weighted by molar-refractivity contribution is 5.69. The first-order valence-electron chi connectivity index (χ1n) is 7.10. The molecule has 0 atom stereocenters. The fourth-order valence-corrected chi connectivity index (χ4v) is 1.60. The van der Waals surface area contributed by atoms with E-state index in [-0.39, 0.29) is 5.97 Å². The van der Waals surface area contributed by atoms with Gasteiger partial charge < -0.3 is 9.47 Å². The number of hydrogen-bond acceptors (Lipinski definition) is 3. The van der Waals surface area contributed by atoms with Crippen LogP contribution in [0.15, 0.2) is 12.2 Å². The number of esters is 1. The van der Waals surface area contributed by atoms with Crippen molar-refractivity contribution in [3.05, 3.63) is 12.2 Å². The predicted octanol–water partition coefficient (Wildman–Crippen LogP) is 3.87. The molecule has 0 fully saturated rings. The number of ether oxygens (including phenoxy) is 2. The Labute approximate surface area is 112 Å². The molecule has 0 aromatic heterocycles. The van der Waals surface area contributed by atoms with Gasteiger partial charge in [0.2, 0.25) is 0 Å². The third kappa shape index (κ3) is 13.2. The number of methoxy groups -OCH3 is 1. The van der Waals surface area contributed by atoms with Crippen molar-refractivity contribution in [1.29, 1.82) is 0 Å². The maximum Gasteiger partial charge on any atom is 0.306 e. The summed E-state index contributed by atoms with van der Waals surface area (Å²) in [6.45, 7) is 3.34. The molecule has 18 heavy (non-hydrogen) atoms. The lowest BCUT2D eigenvalue weighted by atomic mass is 10.1.